The lowest BCUT2D eigenvalue weighted by Crippen LogP contribution is -2.44. The zero-order valence-corrected chi connectivity index (χ0v) is 25.3. The number of likely N-dealkylation sites (tertiary alicyclic amines) is 1. The van der Waals surface area contributed by atoms with Gasteiger partial charge in [0.1, 0.15) is 34.8 Å². The van der Waals surface area contributed by atoms with Crippen LogP contribution in [0.4, 0.5) is 14.9 Å². The smallest absolute Gasteiger partial charge is 0.410 e. The number of nitrogens with two attached hydrogens (primary N) is 1. The van der Waals surface area contributed by atoms with Crippen molar-refractivity contribution in [3.05, 3.63) is 82.6 Å². The molecular weight excluding hydrogens is 571 g/mol. The number of halogens is 1. The number of nitrogens with zero attached hydrogens (tertiary/aromatic N) is 3. The molecular formula is C32H35FN4O7. The van der Waals surface area contributed by atoms with Crippen molar-refractivity contribution >= 4 is 23.7 Å². The molecule has 2 N–H and O–H groups in total. The number of methoxy groups -OCH3 is 2. The highest BCUT2D eigenvalue weighted by molar-refractivity contribution is 6.06. The number of anilines is 1. The summed E-state index contributed by atoms with van der Waals surface area (Å²) in [5, 5.41) is 10.3. The fourth-order valence-electron chi connectivity index (χ4n) is 5.19. The van der Waals surface area contributed by atoms with Crippen LogP contribution < -0.4 is 15.4 Å². The number of esters is 2. The van der Waals surface area contributed by atoms with Gasteiger partial charge in [0, 0.05) is 32.0 Å². The van der Waals surface area contributed by atoms with E-state index in [1.165, 1.54) is 12.1 Å². The van der Waals surface area contributed by atoms with Crippen molar-refractivity contribution in [2.45, 2.75) is 51.2 Å². The van der Waals surface area contributed by atoms with E-state index in [0.717, 1.165) is 25.2 Å². The summed E-state index contributed by atoms with van der Waals surface area (Å²) < 4.78 is 36.7. The molecule has 12 heteroatoms. The maximum Gasteiger partial charge on any atom is 0.410 e. The maximum absolute atomic E-state index is 14.8. The molecule has 2 aromatic rings. The number of ether oxygens (including phenoxy) is 4. The molecule has 11 nitrogen and oxygen atoms in total. The second-order valence-electron chi connectivity index (χ2n) is 11.2. The maximum atomic E-state index is 14.8. The average Bonchev–Trinajstić information content (AvgIpc) is 3.00. The first-order chi connectivity index (χ1) is 20.9. The van der Waals surface area contributed by atoms with Gasteiger partial charge in [0.25, 0.3) is 0 Å². The largest absolute Gasteiger partial charge is 0.488 e. The molecule has 1 fully saturated rings. The molecule has 0 spiro atoms. The van der Waals surface area contributed by atoms with Crippen LogP contribution in [-0.4, -0.2) is 61.9 Å². The van der Waals surface area contributed by atoms with E-state index in [-0.39, 0.29) is 34.1 Å². The van der Waals surface area contributed by atoms with E-state index in [1.54, 1.807) is 56.0 Å². The van der Waals surface area contributed by atoms with Gasteiger partial charge < -0.3 is 29.6 Å². The number of amides is 1. The van der Waals surface area contributed by atoms with Gasteiger partial charge in [0.05, 0.1) is 43.0 Å². The summed E-state index contributed by atoms with van der Waals surface area (Å²) >= 11 is 0. The highest BCUT2D eigenvalue weighted by Gasteiger charge is 2.44. The molecule has 44 heavy (non-hydrogen) atoms. The standard InChI is InChI=1S/C32H35FN4O7/c1-32(2,3)44-31(40)36-15-13-21(14-16-36)43-24-12-11-20(33)17-23(24)37-27(30(39)42-5)26(29(38)41-4)25(22(18-34)28(37)35)19-9-7-6-8-10-19/h6-12,17,21,25H,13-16,35H2,1-5H3. The van der Waals surface area contributed by atoms with Gasteiger partial charge in [-0.15, -0.1) is 0 Å². The number of hydrogen-bond donors (Lipinski definition) is 1. The van der Waals surface area contributed by atoms with Gasteiger partial charge in [0.2, 0.25) is 0 Å². The summed E-state index contributed by atoms with van der Waals surface area (Å²) in [5.74, 6) is -3.72. The second kappa shape index (κ2) is 13.1. The van der Waals surface area contributed by atoms with Crippen LogP contribution >= 0.6 is 0 Å². The molecule has 1 atom stereocenters. The Morgan fingerprint density at radius 1 is 1.00 bits per heavy atom. The van der Waals surface area contributed by atoms with Gasteiger partial charge >= 0.3 is 18.0 Å². The van der Waals surface area contributed by atoms with E-state index < -0.39 is 41.5 Å². The van der Waals surface area contributed by atoms with E-state index in [9.17, 15) is 24.0 Å². The molecule has 0 bridgehead atoms. The number of hydrogen-bond acceptors (Lipinski definition) is 10. The molecule has 0 aromatic heterocycles. The van der Waals surface area contributed by atoms with Crippen LogP contribution in [0.15, 0.2) is 71.2 Å². The van der Waals surface area contributed by atoms with Crippen molar-refractivity contribution in [3.8, 4) is 11.8 Å². The van der Waals surface area contributed by atoms with Crippen LogP contribution in [0.3, 0.4) is 0 Å². The Hall–Kier alpha value is -5.05. The van der Waals surface area contributed by atoms with E-state index in [4.69, 9.17) is 24.7 Å². The number of allylic oxidation sites excluding steroid dienone is 1. The molecule has 2 aliphatic heterocycles. The third-order valence-corrected chi connectivity index (χ3v) is 7.16. The Morgan fingerprint density at radius 2 is 1.64 bits per heavy atom. The molecule has 0 radical (unpaired) electrons. The van der Waals surface area contributed by atoms with Crippen LogP contribution in [0.25, 0.3) is 0 Å². The molecule has 2 aromatic carbocycles. The summed E-state index contributed by atoms with van der Waals surface area (Å²) in [6, 6.07) is 14.3. The Balaban J connectivity index is 1.79. The highest BCUT2D eigenvalue weighted by atomic mass is 19.1. The van der Waals surface area contributed by atoms with Crippen LogP contribution in [0.5, 0.6) is 5.75 Å². The Kier molecular flexibility index (Phi) is 9.47. The lowest BCUT2D eigenvalue weighted by atomic mass is 9.81. The van der Waals surface area contributed by atoms with Crippen molar-refractivity contribution in [2.75, 3.05) is 32.2 Å². The minimum Gasteiger partial charge on any atom is -0.488 e. The normalized spacial score (nSPS) is 17.6. The van der Waals surface area contributed by atoms with Crippen LogP contribution in [0.2, 0.25) is 0 Å². The first kappa shape index (κ1) is 31.9. The predicted molar refractivity (Wildman–Crippen MR) is 157 cm³/mol. The molecule has 1 amide bonds. The molecule has 4 rings (SSSR count). The molecule has 232 valence electrons. The Labute approximate surface area is 255 Å². The zero-order valence-electron chi connectivity index (χ0n) is 25.3. The predicted octanol–water partition coefficient (Wildman–Crippen LogP) is 4.50. The van der Waals surface area contributed by atoms with Gasteiger partial charge in [-0.1, -0.05) is 30.3 Å². The number of carbonyl (C=O) groups excluding carboxylic acids is 3. The van der Waals surface area contributed by atoms with Crippen LogP contribution in [0, 0.1) is 17.1 Å². The lowest BCUT2D eigenvalue weighted by molar-refractivity contribution is -0.139. The average molecular weight is 607 g/mol. The number of nitriles is 1. The fourth-order valence-corrected chi connectivity index (χ4v) is 5.19. The minimum atomic E-state index is -1.07. The minimum absolute atomic E-state index is 0.0295. The Bertz CT molecular complexity index is 1530. The van der Waals surface area contributed by atoms with Crippen molar-refractivity contribution in [2.24, 2.45) is 5.73 Å². The fraction of sp³-hybridized carbons (Fsp3) is 0.375. The van der Waals surface area contributed by atoms with Crippen molar-refractivity contribution < 1.29 is 37.7 Å². The van der Waals surface area contributed by atoms with Gasteiger partial charge in [-0.3, -0.25) is 4.90 Å². The summed E-state index contributed by atoms with van der Waals surface area (Å²) in [6.07, 6.45) is 0.0538. The zero-order chi connectivity index (χ0) is 32.2. The van der Waals surface area contributed by atoms with E-state index in [0.29, 0.717) is 31.5 Å². The first-order valence-corrected chi connectivity index (χ1v) is 14.0. The summed E-state index contributed by atoms with van der Waals surface area (Å²) in [7, 11) is 2.27. The number of piperidine rings is 1. The van der Waals surface area contributed by atoms with E-state index >= 15 is 0 Å². The molecule has 2 aliphatic rings. The van der Waals surface area contributed by atoms with Gasteiger partial charge in [-0.05, 0) is 38.5 Å². The Morgan fingerprint density at radius 3 is 2.20 bits per heavy atom. The van der Waals surface area contributed by atoms with Crippen molar-refractivity contribution in [1.29, 1.82) is 5.26 Å². The van der Waals surface area contributed by atoms with Gasteiger partial charge in [-0.25, -0.2) is 18.8 Å². The third-order valence-electron chi connectivity index (χ3n) is 7.16. The molecule has 1 unspecified atom stereocenters. The first-order valence-electron chi connectivity index (χ1n) is 14.0. The second-order valence-corrected chi connectivity index (χ2v) is 11.2. The van der Waals surface area contributed by atoms with Crippen LogP contribution in [-0.2, 0) is 23.8 Å². The topological polar surface area (TPSA) is 144 Å². The monoisotopic (exact) mass is 606 g/mol. The molecule has 2 heterocycles. The van der Waals surface area contributed by atoms with Gasteiger partial charge in [0.15, 0.2) is 0 Å². The highest BCUT2D eigenvalue weighted by Crippen LogP contribution is 2.45. The quantitative estimate of drug-likeness (QED) is 0.369. The lowest BCUT2D eigenvalue weighted by Gasteiger charge is -2.37. The SMILES string of the molecule is COC(=O)C1=C(C(=O)OC)N(c2cc(F)ccc2OC2CCN(C(=O)OC(C)(C)C)CC2)C(N)=C(C#N)C1c1ccccc1. The third kappa shape index (κ3) is 6.62. The van der Waals surface area contributed by atoms with Crippen molar-refractivity contribution in [1.82, 2.24) is 4.90 Å². The number of carbonyl (C=O) groups is 3. The number of benzene rings is 2. The number of rotatable bonds is 6. The molecule has 1 saturated heterocycles. The molecule has 0 saturated carbocycles. The van der Waals surface area contributed by atoms with Crippen molar-refractivity contribution in [3.63, 3.8) is 0 Å². The molecule has 0 aliphatic carbocycles. The summed E-state index contributed by atoms with van der Waals surface area (Å²) in [6.45, 7) is 6.10. The van der Waals surface area contributed by atoms with Crippen LogP contribution in [0.1, 0.15) is 45.1 Å². The summed E-state index contributed by atoms with van der Waals surface area (Å²) in [5.41, 5.74) is 5.80. The summed E-state index contributed by atoms with van der Waals surface area (Å²) in [4.78, 5) is 42.0. The van der Waals surface area contributed by atoms with E-state index in [1.807, 2.05) is 0 Å². The van der Waals surface area contributed by atoms with Gasteiger partial charge in [-0.2, -0.15) is 5.26 Å². The van der Waals surface area contributed by atoms with E-state index in [2.05, 4.69) is 6.07 Å².